The molecule has 4 heteroatoms. The summed E-state index contributed by atoms with van der Waals surface area (Å²) in [6.07, 6.45) is 0. The predicted octanol–water partition coefficient (Wildman–Crippen LogP) is 2.79. The van der Waals surface area contributed by atoms with Crippen LogP contribution in [0.15, 0.2) is 24.3 Å². The summed E-state index contributed by atoms with van der Waals surface area (Å²) < 4.78 is 4.49. The standard InChI is InChI=1S/C9H8Cl2O2/c1-13-9(12)8(11)6-2-4-7(10)5-3-6/h2-5,8H,1H3/t8-/m1/s1. The molecule has 0 aromatic heterocycles. The fourth-order valence-corrected chi connectivity index (χ4v) is 1.23. The van der Waals surface area contributed by atoms with Gasteiger partial charge in [0, 0.05) is 5.02 Å². The topological polar surface area (TPSA) is 26.3 Å². The van der Waals surface area contributed by atoms with Crippen molar-refractivity contribution in [1.82, 2.24) is 0 Å². The van der Waals surface area contributed by atoms with Crippen LogP contribution < -0.4 is 0 Å². The molecular formula is C9H8Cl2O2. The van der Waals surface area contributed by atoms with Crippen molar-refractivity contribution in [3.63, 3.8) is 0 Å². The molecule has 0 aliphatic heterocycles. The summed E-state index contributed by atoms with van der Waals surface area (Å²) in [4.78, 5) is 11.0. The van der Waals surface area contributed by atoms with Gasteiger partial charge in [0.1, 0.15) is 0 Å². The Hall–Kier alpha value is -0.730. The van der Waals surface area contributed by atoms with E-state index in [1.54, 1.807) is 24.3 Å². The van der Waals surface area contributed by atoms with Crippen molar-refractivity contribution in [3.05, 3.63) is 34.9 Å². The summed E-state index contributed by atoms with van der Waals surface area (Å²) in [5.74, 6) is -0.469. The van der Waals surface area contributed by atoms with Crippen LogP contribution in [0.3, 0.4) is 0 Å². The molecule has 13 heavy (non-hydrogen) atoms. The Morgan fingerprint density at radius 1 is 1.38 bits per heavy atom. The van der Waals surface area contributed by atoms with Crippen molar-refractivity contribution in [2.75, 3.05) is 7.11 Å². The van der Waals surface area contributed by atoms with Crippen molar-refractivity contribution in [2.45, 2.75) is 5.38 Å². The number of rotatable bonds is 2. The average Bonchev–Trinajstić information content (AvgIpc) is 2.17. The number of ether oxygens (including phenoxy) is 1. The van der Waals surface area contributed by atoms with Crippen molar-refractivity contribution in [2.24, 2.45) is 0 Å². The molecule has 1 rings (SSSR count). The molecule has 0 spiro atoms. The van der Waals surface area contributed by atoms with Crippen molar-refractivity contribution >= 4 is 29.2 Å². The monoisotopic (exact) mass is 218 g/mol. The van der Waals surface area contributed by atoms with Gasteiger partial charge < -0.3 is 4.74 Å². The number of esters is 1. The Kier molecular flexibility index (Phi) is 3.58. The summed E-state index contributed by atoms with van der Waals surface area (Å²) in [5.41, 5.74) is 0.679. The highest BCUT2D eigenvalue weighted by molar-refractivity contribution is 6.31. The molecule has 0 saturated heterocycles. The zero-order valence-electron chi connectivity index (χ0n) is 6.96. The van der Waals surface area contributed by atoms with Gasteiger partial charge in [0.15, 0.2) is 5.38 Å². The van der Waals surface area contributed by atoms with E-state index in [-0.39, 0.29) is 0 Å². The predicted molar refractivity (Wildman–Crippen MR) is 52.1 cm³/mol. The van der Waals surface area contributed by atoms with Crippen molar-refractivity contribution < 1.29 is 9.53 Å². The van der Waals surface area contributed by atoms with Crippen LogP contribution >= 0.6 is 23.2 Å². The Bertz CT molecular complexity index is 295. The lowest BCUT2D eigenvalue weighted by Gasteiger charge is -2.06. The number of carbonyl (C=O) groups is 1. The number of methoxy groups -OCH3 is 1. The van der Waals surface area contributed by atoms with Crippen LogP contribution in [0.4, 0.5) is 0 Å². The van der Waals surface area contributed by atoms with E-state index in [2.05, 4.69) is 4.74 Å². The van der Waals surface area contributed by atoms with Crippen LogP contribution in [-0.4, -0.2) is 13.1 Å². The molecule has 1 atom stereocenters. The molecule has 0 bridgehead atoms. The van der Waals surface area contributed by atoms with Gasteiger partial charge in [-0.1, -0.05) is 23.7 Å². The van der Waals surface area contributed by atoms with Crippen LogP contribution in [0, 0.1) is 0 Å². The Labute approximate surface area is 86.4 Å². The van der Waals surface area contributed by atoms with Gasteiger partial charge in [-0.25, -0.2) is 0 Å². The van der Waals surface area contributed by atoms with E-state index in [0.29, 0.717) is 10.6 Å². The molecule has 2 nitrogen and oxygen atoms in total. The number of hydrogen-bond acceptors (Lipinski definition) is 2. The van der Waals surface area contributed by atoms with E-state index in [0.717, 1.165) is 0 Å². The normalized spacial score (nSPS) is 12.2. The van der Waals surface area contributed by atoms with Gasteiger partial charge in [-0.2, -0.15) is 0 Å². The van der Waals surface area contributed by atoms with E-state index in [4.69, 9.17) is 23.2 Å². The Morgan fingerprint density at radius 3 is 2.38 bits per heavy atom. The summed E-state index contributed by atoms with van der Waals surface area (Å²) >= 11 is 11.5. The minimum Gasteiger partial charge on any atom is -0.468 e. The lowest BCUT2D eigenvalue weighted by molar-refractivity contribution is -0.140. The summed E-state index contributed by atoms with van der Waals surface area (Å²) in [7, 11) is 1.30. The third kappa shape index (κ3) is 2.61. The van der Waals surface area contributed by atoms with Crippen LogP contribution in [0.1, 0.15) is 10.9 Å². The molecule has 0 aliphatic rings. The molecule has 0 amide bonds. The zero-order chi connectivity index (χ0) is 9.84. The van der Waals surface area contributed by atoms with Crippen LogP contribution in [-0.2, 0) is 9.53 Å². The lowest BCUT2D eigenvalue weighted by atomic mass is 10.1. The maximum absolute atomic E-state index is 11.0. The van der Waals surface area contributed by atoms with Gasteiger partial charge in [0.2, 0.25) is 0 Å². The third-order valence-corrected chi connectivity index (χ3v) is 2.25. The van der Waals surface area contributed by atoms with Gasteiger partial charge >= 0.3 is 5.97 Å². The quantitative estimate of drug-likeness (QED) is 0.564. The Morgan fingerprint density at radius 2 is 1.92 bits per heavy atom. The molecule has 1 aromatic carbocycles. The smallest absolute Gasteiger partial charge is 0.328 e. The first kappa shape index (κ1) is 10.4. The molecule has 0 heterocycles. The van der Waals surface area contributed by atoms with Crippen LogP contribution in [0.5, 0.6) is 0 Å². The number of alkyl halides is 1. The van der Waals surface area contributed by atoms with E-state index < -0.39 is 11.3 Å². The van der Waals surface area contributed by atoms with Gasteiger partial charge in [0.25, 0.3) is 0 Å². The molecule has 70 valence electrons. The number of benzene rings is 1. The van der Waals surface area contributed by atoms with Crippen LogP contribution in [0.2, 0.25) is 5.02 Å². The SMILES string of the molecule is COC(=O)[C@H](Cl)c1ccc(Cl)cc1. The van der Waals surface area contributed by atoms with Crippen molar-refractivity contribution in [3.8, 4) is 0 Å². The number of hydrogen-bond donors (Lipinski definition) is 0. The molecule has 0 saturated carbocycles. The third-order valence-electron chi connectivity index (χ3n) is 1.57. The first-order valence-corrected chi connectivity index (χ1v) is 4.44. The molecule has 0 unspecified atom stereocenters. The van der Waals surface area contributed by atoms with E-state index >= 15 is 0 Å². The molecular weight excluding hydrogens is 211 g/mol. The lowest BCUT2D eigenvalue weighted by Crippen LogP contribution is -2.08. The molecule has 0 N–H and O–H groups in total. The second-order valence-corrected chi connectivity index (χ2v) is 3.31. The first-order chi connectivity index (χ1) is 6.15. The second-order valence-electron chi connectivity index (χ2n) is 2.44. The van der Waals surface area contributed by atoms with E-state index in [1.165, 1.54) is 7.11 Å². The summed E-state index contributed by atoms with van der Waals surface area (Å²) in [5, 5.41) is -0.153. The highest BCUT2D eigenvalue weighted by Gasteiger charge is 2.17. The highest BCUT2D eigenvalue weighted by atomic mass is 35.5. The molecule has 0 aliphatic carbocycles. The fraction of sp³-hybridized carbons (Fsp3) is 0.222. The van der Waals surface area contributed by atoms with E-state index in [9.17, 15) is 4.79 Å². The number of carbonyl (C=O) groups excluding carboxylic acids is 1. The molecule has 0 radical (unpaired) electrons. The minimum atomic E-state index is -0.762. The largest absolute Gasteiger partial charge is 0.468 e. The van der Waals surface area contributed by atoms with Crippen molar-refractivity contribution in [1.29, 1.82) is 0 Å². The summed E-state index contributed by atoms with van der Waals surface area (Å²) in [6.45, 7) is 0. The van der Waals surface area contributed by atoms with Gasteiger partial charge in [0.05, 0.1) is 7.11 Å². The fourth-order valence-electron chi connectivity index (χ4n) is 0.871. The summed E-state index contributed by atoms with van der Waals surface area (Å²) in [6, 6.07) is 6.73. The average molecular weight is 219 g/mol. The molecule has 0 fully saturated rings. The van der Waals surface area contributed by atoms with Gasteiger partial charge in [-0.3, -0.25) is 4.79 Å². The van der Waals surface area contributed by atoms with Gasteiger partial charge in [-0.15, -0.1) is 11.6 Å². The maximum atomic E-state index is 11.0. The zero-order valence-corrected chi connectivity index (χ0v) is 8.47. The Balaban J connectivity index is 2.83. The molecule has 1 aromatic rings. The maximum Gasteiger partial charge on any atom is 0.328 e. The highest BCUT2D eigenvalue weighted by Crippen LogP contribution is 2.22. The second kappa shape index (κ2) is 4.49. The van der Waals surface area contributed by atoms with Gasteiger partial charge in [-0.05, 0) is 17.7 Å². The minimum absolute atomic E-state index is 0.469. The first-order valence-electron chi connectivity index (χ1n) is 3.62. The van der Waals surface area contributed by atoms with E-state index in [1.807, 2.05) is 0 Å². The van der Waals surface area contributed by atoms with Crippen LogP contribution in [0.25, 0.3) is 0 Å². The number of halogens is 2.